The van der Waals surface area contributed by atoms with Crippen molar-refractivity contribution in [1.29, 1.82) is 0 Å². The van der Waals surface area contributed by atoms with Gasteiger partial charge in [0.2, 0.25) is 5.91 Å². The number of rotatable bonds is 4. The Morgan fingerprint density at radius 3 is 2.65 bits per heavy atom. The summed E-state index contributed by atoms with van der Waals surface area (Å²) in [6, 6.07) is 4.86. The van der Waals surface area contributed by atoms with Crippen LogP contribution in [0, 0.1) is 0 Å². The quantitative estimate of drug-likeness (QED) is 0.894. The molecule has 0 radical (unpaired) electrons. The SMILES string of the molecule is COc1ccc(C(N)CC(=O)N(C)C)c(Cl)c1. The van der Waals surface area contributed by atoms with Crippen LogP contribution in [0.25, 0.3) is 0 Å². The Kier molecular flexibility index (Phi) is 4.78. The van der Waals surface area contributed by atoms with Crippen molar-refractivity contribution in [2.45, 2.75) is 12.5 Å². The summed E-state index contributed by atoms with van der Waals surface area (Å²) < 4.78 is 5.05. The Morgan fingerprint density at radius 1 is 1.53 bits per heavy atom. The van der Waals surface area contributed by atoms with Crippen molar-refractivity contribution in [3.05, 3.63) is 28.8 Å². The predicted octanol–water partition coefficient (Wildman–Crippen LogP) is 1.83. The molecule has 0 spiro atoms. The van der Waals surface area contributed by atoms with Crippen molar-refractivity contribution in [1.82, 2.24) is 4.90 Å². The molecular formula is C12H17ClN2O2. The van der Waals surface area contributed by atoms with E-state index in [0.717, 1.165) is 5.56 Å². The predicted molar refractivity (Wildman–Crippen MR) is 68.2 cm³/mol. The standard InChI is InChI=1S/C12H17ClN2O2/c1-15(2)12(16)7-11(14)9-5-4-8(17-3)6-10(9)13/h4-6,11H,7,14H2,1-3H3. The fourth-order valence-corrected chi connectivity index (χ4v) is 1.73. The molecule has 1 amide bonds. The fourth-order valence-electron chi connectivity index (χ4n) is 1.42. The van der Waals surface area contributed by atoms with Crippen LogP contribution in [0.1, 0.15) is 18.0 Å². The molecule has 0 saturated carbocycles. The van der Waals surface area contributed by atoms with Crippen LogP contribution in [0.4, 0.5) is 0 Å². The second kappa shape index (κ2) is 5.89. The first kappa shape index (κ1) is 13.8. The number of carbonyl (C=O) groups is 1. The third kappa shape index (κ3) is 3.61. The lowest BCUT2D eigenvalue weighted by atomic mass is 10.0. The van der Waals surface area contributed by atoms with Crippen molar-refractivity contribution in [2.75, 3.05) is 21.2 Å². The Morgan fingerprint density at radius 2 is 2.18 bits per heavy atom. The molecule has 0 aromatic heterocycles. The van der Waals surface area contributed by atoms with Crippen molar-refractivity contribution in [2.24, 2.45) is 5.73 Å². The molecule has 0 aliphatic carbocycles. The average Bonchev–Trinajstić information content (AvgIpc) is 2.28. The van der Waals surface area contributed by atoms with Crippen LogP contribution in [0.3, 0.4) is 0 Å². The first-order valence-corrected chi connectivity index (χ1v) is 5.62. The van der Waals surface area contributed by atoms with Gasteiger partial charge in [-0.15, -0.1) is 0 Å². The lowest BCUT2D eigenvalue weighted by molar-refractivity contribution is -0.129. The summed E-state index contributed by atoms with van der Waals surface area (Å²) in [6.07, 6.45) is 0.235. The lowest BCUT2D eigenvalue weighted by Crippen LogP contribution is -2.26. The highest BCUT2D eigenvalue weighted by atomic mass is 35.5. The van der Waals surface area contributed by atoms with E-state index in [4.69, 9.17) is 22.1 Å². The number of ether oxygens (including phenoxy) is 1. The van der Waals surface area contributed by atoms with Crippen LogP contribution in [-0.4, -0.2) is 32.0 Å². The molecule has 94 valence electrons. The van der Waals surface area contributed by atoms with E-state index in [1.807, 2.05) is 0 Å². The largest absolute Gasteiger partial charge is 0.497 e. The van der Waals surface area contributed by atoms with Gasteiger partial charge >= 0.3 is 0 Å². The Hall–Kier alpha value is -1.26. The highest BCUT2D eigenvalue weighted by molar-refractivity contribution is 6.31. The second-order valence-electron chi connectivity index (χ2n) is 3.99. The van der Waals surface area contributed by atoms with Crippen LogP contribution in [0.2, 0.25) is 5.02 Å². The number of carbonyl (C=O) groups excluding carboxylic acids is 1. The van der Waals surface area contributed by atoms with E-state index in [0.29, 0.717) is 10.8 Å². The van der Waals surface area contributed by atoms with E-state index in [2.05, 4.69) is 0 Å². The molecule has 4 nitrogen and oxygen atoms in total. The van der Waals surface area contributed by atoms with Gasteiger partial charge in [-0.3, -0.25) is 4.79 Å². The minimum absolute atomic E-state index is 0.0237. The molecule has 0 saturated heterocycles. The monoisotopic (exact) mass is 256 g/mol. The van der Waals surface area contributed by atoms with Crippen molar-refractivity contribution in [3.8, 4) is 5.75 Å². The zero-order valence-electron chi connectivity index (χ0n) is 10.2. The number of hydrogen-bond donors (Lipinski definition) is 1. The summed E-state index contributed by atoms with van der Waals surface area (Å²) in [4.78, 5) is 13.1. The second-order valence-corrected chi connectivity index (χ2v) is 4.39. The van der Waals surface area contributed by atoms with Gasteiger partial charge < -0.3 is 15.4 Å². The summed E-state index contributed by atoms with van der Waals surface area (Å²) in [5.74, 6) is 0.647. The molecule has 1 aromatic carbocycles. The van der Waals surface area contributed by atoms with Crippen LogP contribution >= 0.6 is 11.6 Å². The van der Waals surface area contributed by atoms with Gasteiger partial charge in [0.15, 0.2) is 0 Å². The zero-order valence-corrected chi connectivity index (χ0v) is 11.0. The fraction of sp³-hybridized carbons (Fsp3) is 0.417. The Bertz CT molecular complexity index is 407. The molecule has 1 atom stereocenters. The van der Waals surface area contributed by atoms with E-state index >= 15 is 0 Å². The van der Waals surface area contributed by atoms with Crippen LogP contribution < -0.4 is 10.5 Å². The van der Waals surface area contributed by atoms with Crippen molar-refractivity contribution in [3.63, 3.8) is 0 Å². The van der Waals surface area contributed by atoms with Crippen LogP contribution in [-0.2, 0) is 4.79 Å². The molecular weight excluding hydrogens is 240 g/mol. The Balaban J connectivity index is 2.82. The van der Waals surface area contributed by atoms with E-state index in [-0.39, 0.29) is 12.3 Å². The molecule has 1 rings (SSSR count). The van der Waals surface area contributed by atoms with Crippen molar-refractivity contribution < 1.29 is 9.53 Å². The van der Waals surface area contributed by atoms with Gasteiger partial charge in [0, 0.05) is 31.6 Å². The average molecular weight is 257 g/mol. The molecule has 0 fully saturated rings. The van der Waals surface area contributed by atoms with Gasteiger partial charge in [-0.2, -0.15) is 0 Å². The summed E-state index contributed by atoms with van der Waals surface area (Å²) in [6.45, 7) is 0. The molecule has 0 aliphatic heterocycles. The highest BCUT2D eigenvalue weighted by Gasteiger charge is 2.16. The number of halogens is 1. The maximum Gasteiger partial charge on any atom is 0.223 e. The number of hydrogen-bond acceptors (Lipinski definition) is 3. The molecule has 0 bridgehead atoms. The summed E-state index contributed by atoms with van der Waals surface area (Å²) in [5.41, 5.74) is 6.71. The topological polar surface area (TPSA) is 55.6 Å². The third-order valence-electron chi connectivity index (χ3n) is 2.50. The van der Waals surface area contributed by atoms with Gasteiger partial charge in [-0.25, -0.2) is 0 Å². The molecule has 17 heavy (non-hydrogen) atoms. The van der Waals surface area contributed by atoms with E-state index in [1.54, 1.807) is 39.4 Å². The van der Waals surface area contributed by atoms with Crippen LogP contribution in [0.5, 0.6) is 5.75 Å². The minimum atomic E-state index is -0.400. The minimum Gasteiger partial charge on any atom is -0.497 e. The first-order valence-electron chi connectivity index (χ1n) is 5.25. The summed E-state index contributed by atoms with van der Waals surface area (Å²) >= 11 is 6.08. The van der Waals surface area contributed by atoms with E-state index in [1.165, 1.54) is 4.90 Å². The van der Waals surface area contributed by atoms with Crippen molar-refractivity contribution >= 4 is 17.5 Å². The molecule has 0 heterocycles. The van der Waals surface area contributed by atoms with Gasteiger partial charge in [-0.05, 0) is 17.7 Å². The molecule has 0 aliphatic rings. The molecule has 1 aromatic rings. The lowest BCUT2D eigenvalue weighted by Gasteiger charge is -2.17. The number of nitrogens with two attached hydrogens (primary N) is 1. The molecule has 5 heteroatoms. The van der Waals surface area contributed by atoms with Gasteiger partial charge in [0.25, 0.3) is 0 Å². The number of amides is 1. The summed E-state index contributed by atoms with van der Waals surface area (Å²) in [7, 11) is 4.97. The molecule has 2 N–H and O–H groups in total. The highest BCUT2D eigenvalue weighted by Crippen LogP contribution is 2.27. The number of benzene rings is 1. The van der Waals surface area contributed by atoms with E-state index < -0.39 is 6.04 Å². The van der Waals surface area contributed by atoms with Gasteiger partial charge in [0.05, 0.1) is 7.11 Å². The smallest absolute Gasteiger partial charge is 0.223 e. The normalized spacial score (nSPS) is 12.1. The maximum absolute atomic E-state index is 11.5. The Labute approximate surface area is 106 Å². The third-order valence-corrected chi connectivity index (χ3v) is 2.83. The number of nitrogens with zero attached hydrogens (tertiary/aromatic N) is 1. The summed E-state index contributed by atoms with van der Waals surface area (Å²) in [5, 5.41) is 0.517. The molecule has 1 unspecified atom stereocenters. The first-order chi connectivity index (χ1) is 7.95. The van der Waals surface area contributed by atoms with Gasteiger partial charge in [-0.1, -0.05) is 17.7 Å². The zero-order chi connectivity index (χ0) is 13.0. The van der Waals surface area contributed by atoms with E-state index in [9.17, 15) is 4.79 Å². The van der Waals surface area contributed by atoms with Crippen LogP contribution in [0.15, 0.2) is 18.2 Å². The van der Waals surface area contributed by atoms with Gasteiger partial charge in [0.1, 0.15) is 5.75 Å². The maximum atomic E-state index is 11.5. The number of methoxy groups -OCH3 is 1.